The molecule has 0 radical (unpaired) electrons. The third kappa shape index (κ3) is 2.51. The average Bonchev–Trinajstić information content (AvgIpc) is 2.87. The molecule has 2 rings (SSSR count). The van der Waals surface area contributed by atoms with Crippen LogP contribution in [0.5, 0.6) is 0 Å². The molecule has 6 heteroatoms. The van der Waals surface area contributed by atoms with Crippen LogP contribution in [0.3, 0.4) is 0 Å². The number of benzene rings is 1. The summed E-state index contributed by atoms with van der Waals surface area (Å²) in [4.78, 5) is 3.80. The molecule has 0 aliphatic heterocycles. The summed E-state index contributed by atoms with van der Waals surface area (Å²) in [6, 6.07) is 8.43. The summed E-state index contributed by atoms with van der Waals surface area (Å²) in [5.41, 5.74) is 1.04. The highest BCUT2D eigenvalue weighted by Crippen LogP contribution is 2.18. The fraction of sp³-hybridized carbons (Fsp3) is 0.214. The lowest BCUT2D eigenvalue weighted by Crippen LogP contribution is -2.12. The summed E-state index contributed by atoms with van der Waals surface area (Å²) < 4.78 is 15.4. The van der Waals surface area contributed by atoms with Crippen LogP contribution in [0.2, 0.25) is 0 Å². The van der Waals surface area contributed by atoms with Crippen LogP contribution in [-0.4, -0.2) is 16.1 Å². The lowest BCUT2D eigenvalue weighted by atomic mass is 10.2. The molecule has 0 aliphatic carbocycles. The van der Waals surface area contributed by atoms with E-state index in [-0.39, 0.29) is 17.1 Å². The van der Waals surface area contributed by atoms with Gasteiger partial charge in [-0.15, -0.1) is 0 Å². The van der Waals surface area contributed by atoms with E-state index in [4.69, 9.17) is 10.5 Å². The van der Waals surface area contributed by atoms with E-state index < -0.39 is 5.82 Å². The topological polar surface area (TPSA) is 77.4 Å². The first kappa shape index (κ1) is 13.7. The summed E-state index contributed by atoms with van der Waals surface area (Å²) in [5, 5.41) is 21.0. The number of aromatic nitrogens is 2. The van der Waals surface area contributed by atoms with E-state index in [0.29, 0.717) is 6.54 Å². The number of nitrogens with one attached hydrogen (secondary N) is 1. The van der Waals surface area contributed by atoms with Crippen molar-refractivity contribution in [1.29, 1.82) is 10.5 Å². The Morgan fingerprint density at radius 1 is 1.35 bits per heavy atom. The minimum Gasteiger partial charge on any atom is -0.313 e. The van der Waals surface area contributed by atoms with Gasteiger partial charge in [-0.25, -0.2) is 9.37 Å². The van der Waals surface area contributed by atoms with Crippen LogP contribution in [0.15, 0.2) is 24.5 Å². The van der Waals surface area contributed by atoms with E-state index in [2.05, 4.69) is 10.3 Å². The maximum Gasteiger partial charge on any atom is 0.177 e. The van der Waals surface area contributed by atoms with Crippen LogP contribution in [0, 0.1) is 28.5 Å². The van der Waals surface area contributed by atoms with Gasteiger partial charge in [0.2, 0.25) is 0 Å². The van der Waals surface area contributed by atoms with Gasteiger partial charge < -0.3 is 5.32 Å². The fourth-order valence-corrected chi connectivity index (χ4v) is 1.84. The second-order valence-corrected chi connectivity index (χ2v) is 4.10. The molecule has 0 amide bonds. The van der Waals surface area contributed by atoms with Crippen LogP contribution in [0.4, 0.5) is 4.39 Å². The minimum atomic E-state index is -0.459. The maximum atomic E-state index is 14.1. The highest BCUT2D eigenvalue weighted by Gasteiger charge is 2.14. The summed E-state index contributed by atoms with van der Waals surface area (Å²) in [5.74, 6) is -0.459. The number of nitrogens with zero attached hydrogens (tertiary/aromatic N) is 4. The Morgan fingerprint density at radius 2 is 2.15 bits per heavy atom. The molecule has 5 nitrogen and oxygen atoms in total. The van der Waals surface area contributed by atoms with E-state index in [1.54, 1.807) is 12.1 Å². The van der Waals surface area contributed by atoms with Crippen molar-refractivity contribution in [2.45, 2.75) is 13.5 Å². The Balaban J connectivity index is 2.42. The highest BCUT2D eigenvalue weighted by molar-refractivity contribution is 5.45. The van der Waals surface area contributed by atoms with Gasteiger partial charge in [-0.05, 0) is 24.2 Å². The van der Waals surface area contributed by atoms with Crippen molar-refractivity contribution < 1.29 is 4.39 Å². The molecule has 100 valence electrons. The first-order chi connectivity index (χ1) is 9.71. The number of nitriles is 2. The zero-order valence-electron chi connectivity index (χ0n) is 10.9. The molecular weight excluding hydrogens is 257 g/mol. The number of rotatable bonds is 4. The Morgan fingerprint density at radius 3 is 2.75 bits per heavy atom. The molecule has 0 saturated carbocycles. The molecule has 0 spiro atoms. The lowest BCUT2D eigenvalue weighted by molar-refractivity contribution is 0.612. The van der Waals surface area contributed by atoms with E-state index in [9.17, 15) is 4.39 Å². The number of hydrogen-bond donors (Lipinski definition) is 1. The van der Waals surface area contributed by atoms with Crippen LogP contribution in [0.25, 0.3) is 5.69 Å². The van der Waals surface area contributed by atoms with Crippen molar-refractivity contribution in [3.05, 3.63) is 47.3 Å². The van der Waals surface area contributed by atoms with Crippen LogP contribution in [-0.2, 0) is 6.54 Å². The normalized spacial score (nSPS) is 10.0. The Labute approximate surface area is 115 Å². The molecule has 0 bridgehead atoms. The van der Waals surface area contributed by atoms with Crippen molar-refractivity contribution in [3.8, 4) is 17.8 Å². The summed E-state index contributed by atoms with van der Waals surface area (Å²) >= 11 is 0. The van der Waals surface area contributed by atoms with Crippen LogP contribution >= 0.6 is 0 Å². The van der Waals surface area contributed by atoms with Gasteiger partial charge in [-0.1, -0.05) is 13.0 Å². The maximum absolute atomic E-state index is 14.1. The van der Waals surface area contributed by atoms with Gasteiger partial charge in [0.05, 0.1) is 5.69 Å². The molecule has 1 N–H and O–H groups in total. The summed E-state index contributed by atoms with van der Waals surface area (Å²) in [7, 11) is 0. The van der Waals surface area contributed by atoms with Crippen LogP contribution in [0.1, 0.15) is 23.9 Å². The second kappa shape index (κ2) is 5.96. The molecule has 1 aromatic carbocycles. The first-order valence-electron chi connectivity index (χ1n) is 6.08. The Hall–Kier alpha value is -2.70. The molecule has 1 aromatic heterocycles. The second-order valence-electron chi connectivity index (χ2n) is 4.10. The monoisotopic (exact) mass is 269 g/mol. The first-order valence-corrected chi connectivity index (χ1v) is 6.08. The molecule has 2 aromatic rings. The number of imidazole rings is 1. The molecule has 1 heterocycles. The van der Waals surface area contributed by atoms with Gasteiger partial charge in [0.1, 0.15) is 24.3 Å². The van der Waals surface area contributed by atoms with E-state index in [1.165, 1.54) is 17.0 Å². The van der Waals surface area contributed by atoms with Gasteiger partial charge in [0.15, 0.2) is 11.4 Å². The van der Waals surface area contributed by atoms with Gasteiger partial charge in [-0.2, -0.15) is 10.5 Å². The highest BCUT2D eigenvalue weighted by atomic mass is 19.1. The molecule has 20 heavy (non-hydrogen) atoms. The molecular formula is C14H12FN5. The number of hydrogen-bond acceptors (Lipinski definition) is 4. The minimum absolute atomic E-state index is 0.0105. The SMILES string of the molecule is CCNCc1ccc(-n2cnc(C#N)c2C#N)c(F)c1. The molecule has 0 atom stereocenters. The van der Waals surface area contributed by atoms with Crippen molar-refractivity contribution in [1.82, 2.24) is 14.9 Å². The molecule has 0 unspecified atom stereocenters. The largest absolute Gasteiger partial charge is 0.313 e. The summed E-state index contributed by atoms with van der Waals surface area (Å²) in [6.45, 7) is 3.35. The lowest BCUT2D eigenvalue weighted by Gasteiger charge is -2.08. The van der Waals surface area contributed by atoms with Gasteiger partial charge >= 0.3 is 0 Å². The third-order valence-corrected chi connectivity index (χ3v) is 2.83. The molecule has 0 saturated heterocycles. The Kier molecular flexibility index (Phi) is 4.09. The van der Waals surface area contributed by atoms with Crippen molar-refractivity contribution in [3.63, 3.8) is 0 Å². The smallest absolute Gasteiger partial charge is 0.177 e. The predicted molar refractivity (Wildman–Crippen MR) is 70.3 cm³/mol. The quantitative estimate of drug-likeness (QED) is 0.919. The zero-order chi connectivity index (χ0) is 14.5. The van der Waals surface area contributed by atoms with Crippen LogP contribution < -0.4 is 5.32 Å². The molecule has 0 aliphatic rings. The third-order valence-electron chi connectivity index (χ3n) is 2.83. The van der Waals surface area contributed by atoms with Gasteiger partial charge in [-0.3, -0.25) is 4.57 Å². The number of halogens is 1. The van der Waals surface area contributed by atoms with Crippen molar-refractivity contribution >= 4 is 0 Å². The van der Waals surface area contributed by atoms with Crippen molar-refractivity contribution in [2.24, 2.45) is 0 Å². The van der Waals surface area contributed by atoms with Crippen molar-refractivity contribution in [2.75, 3.05) is 6.54 Å². The summed E-state index contributed by atoms with van der Waals surface area (Å²) in [6.07, 6.45) is 1.28. The Bertz CT molecular complexity index is 705. The van der Waals surface area contributed by atoms with E-state index in [1.807, 2.05) is 19.1 Å². The standard InChI is InChI=1S/C14H12FN5/c1-2-18-8-10-3-4-13(11(15)5-10)20-9-19-12(6-16)14(20)7-17/h3-5,9,18H,2,8H2,1H3. The van der Waals surface area contributed by atoms with E-state index in [0.717, 1.165) is 12.1 Å². The predicted octanol–water partition coefficient (Wildman–Crippen LogP) is 1.86. The average molecular weight is 269 g/mol. The fourth-order valence-electron chi connectivity index (χ4n) is 1.84. The zero-order valence-corrected chi connectivity index (χ0v) is 10.9. The van der Waals surface area contributed by atoms with E-state index >= 15 is 0 Å². The van der Waals surface area contributed by atoms with Gasteiger partial charge in [0.25, 0.3) is 0 Å². The van der Waals surface area contributed by atoms with Gasteiger partial charge in [0, 0.05) is 6.54 Å². The molecule has 0 fully saturated rings.